The highest BCUT2D eigenvalue weighted by Crippen LogP contribution is 2.15. The van der Waals surface area contributed by atoms with Crippen LogP contribution < -0.4 is 15.4 Å². The van der Waals surface area contributed by atoms with Gasteiger partial charge in [-0.05, 0) is 64.9 Å². The van der Waals surface area contributed by atoms with Crippen LogP contribution in [0.25, 0.3) is 0 Å². The van der Waals surface area contributed by atoms with Gasteiger partial charge < -0.3 is 20.3 Å². The van der Waals surface area contributed by atoms with Crippen LogP contribution in [0.2, 0.25) is 0 Å². The fourth-order valence-corrected chi connectivity index (χ4v) is 2.88. The van der Waals surface area contributed by atoms with Gasteiger partial charge in [0, 0.05) is 19.2 Å². The molecule has 0 aromatic heterocycles. The molecule has 1 unspecified atom stereocenters. The van der Waals surface area contributed by atoms with Gasteiger partial charge in [0.05, 0.1) is 6.54 Å². The maximum Gasteiger partial charge on any atom is 0.191 e. The van der Waals surface area contributed by atoms with Crippen molar-refractivity contribution in [1.82, 2.24) is 15.5 Å². The second-order valence-electron chi connectivity index (χ2n) is 6.73. The van der Waals surface area contributed by atoms with Crippen LogP contribution in [0.4, 0.5) is 4.39 Å². The van der Waals surface area contributed by atoms with Crippen molar-refractivity contribution in [3.05, 3.63) is 30.1 Å². The Labute approximate surface area is 173 Å². The molecule has 1 aliphatic heterocycles. The van der Waals surface area contributed by atoms with Gasteiger partial charge in [0.2, 0.25) is 0 Å². The highest BCUT2D eigenvalue weighted by atomic mass is 127. The molecular formula is C19H32FIN4O. The van der Waals surface area contributed by atoms with E-state index < -0.39 is 0 Å². The molecule has 0 saturated carbocycles. The zero-order chi connectivity index (χ0) is 18.1. The molecule has 1 fully saturated rings. The molecule has 0 aliphatic carbocycles. The molecule has 0 radical (unpaired) electrons. The number of nitrogens with one attached hydrogen (secondary N) is 2. The molecule has 2 rings (SSSR count). The molecule has 0 bridgehead atoms. The summed E-state index contributed by atoms with van der Waals surface area (Å²) < 4.78 is 18.9. The minimum Gasteiger partial charge on any atom is -0.489 e. The van der Waals surface area contributed by atoms with E-state index in [0.717, 1.165) is 19.0 Å². The zero-order valence-corrected chi connectivity index (χ0v) is 18.3. The molecule has 26 heavy (non-hydrogen) atoms. The van der Waals surface area contributed by atoms with Crippen molar-refractivity contribution in [3.8, 4) is 5.75 Å². The topological polar surface area (TPSA) is 48.9 Å². The second-order valence-corrected chi connectivity index (χ2v) is 6.73. The molecule has 1 atom stereocenters. The molecule has 1 heterocycles. The maximum absolute atomic E-state index is 13.2. The SMILES string of the molecule is CCNC(=NCC(C)Oc1cccc(F)c1)NCC1CCN(C)CC1.I. The van der Waals surface area contributed by atoms with Crippen LogP contribution in [0.3, 0.4) is 0 Å². The summed E-state index contributed by atoms with van der Waals surface area (Å²) in [4.78, 5) is 6.97. The predicted molar refractivity (Wildman–Crippen MR) is 116 cm³/mol. The summed E-state index contributed by atoms with van der Waals surface area (Å²) >= 11 is 0. The van der Waals surface area contributed by atoms with E-state index in [-0.39, 0.29) is 35.9 Å². The molecular weight excluding hydrogens is 446 g/mol. The van der Waals surface area contributed by atoms with Gasteiger partial charge >= 0.3 is 0 Å². The van der Waals surface area contributed by atoms with Gasteiger partial charge in [0.25, 0.3) is 0 Å². The molecule has 148 valence electrons. The number of guanidine groups is 1. The smallest absolute Gasteiger partial charge is 0.191 e. The molecule has 1 aromatic carbocycles. The van der Waals surface area contributed by atoms with E-state index in [2.05, 4.69) is 34.5 Å². The van der Waals surface area contributed by atoms with Crippen molar-refractivity contribution in [2.24, 2.45) is 10.9 Å². The number of aliphatic imine (C=N–C) groups is 1. The number of piperidine rings is 1. The lowest BCUT2D eigenvalue weighted by Crippen LogP contribution is -2.42. The van der Waals surface area contributed by atoms with E-state index in [1.807, 2.05) is 6.92 Å². The molecule has 0 spiro atoms. The molecule has 5 nitrogen and oxygen atoms in total. The number of hydrogen-bond acceptors (Lipinski definition) is 3. The number of rotatable bonds is 7. The number of hydrogen-bond donors (Lipinski definition) is 2. The van der Waals surface area contributed by atoms with Crippen LogP contribution in [0.5, 0.6) is 5.75 Å². The highest BCUT2D eigenvalue weighted by Gasteiger charge is 2.16. The van der Waals surface area contributed by atoms with Crippen molar-refractivity contribution < 1.29 is 9.13 Å². The van der Waals surface area contributed by atoms with E-state index in [9.17, 15) is 4.39 Å². The summed E-state index contributed by atoms with van der Waals surface area (Å²) in [6, 6.07) is 6.20. The van der Waals surface area contributed by atoms with Crippen molar-refractivity contribution in [2.45, 2.75) is 32.8 Å². The Balaban J connectivity index is 0.00000338. The van der Waals surface area contributed by atoms with Crippen LogP contribution in [-0.4, -0.2) is 56.7 Å². The number of halogens is 2. The van der Waals surface area contributed by atoms with Gasteiger partial charge in [-0.2, -0.15) is 0 Å². The number of ether oxygens (including phenoxy) is 1. The van der Waals surface area contributed by atoms with Gasteiger partial charge in [0.15, 0.2) is 5.96 Å². The molecule has 0 amide bonds. The molecule has 7 heteroatoms. The Morgan fingerprint density at radius 3 is 2.73 bits per heavy atom. The average molecular weight is 478 g/mol. The highest BCUT2D eigenvalue weighted by molar-refractivity contribution is 14.0. The Morgan fingerprint density at radius 2 is 2.08 bits per heavy atom. The normalized spacial score (nSPS) is 17.3. The van der Waals surface area contributed by atoms with Crippen molar-refractivity contribution in [2.75, 3.05) is 39.8 Å². The fourth-order valence-electron chi connectivity index (χ4n) is 2.88. The third-order valence-electron chi connectivity index (χ3n) is 4.38. The first-order chi connectivity index (χ1) is 12.1. The quantitative estimate of drug-likeness (QED) is 0.359. The predicted octanol–water partition coefficient (Wildman–Crippen LogP) is 3.11. The first kappa shape index (κ1) is 23.0. The van der Waals surface area contributed by atoms with Crippen LogP contribution in [-0.2, 0) is 0 Å². The Hall–Kier alpha value is -1.09. The standard InChI is InChI=1S/C19H31FN4O.HI/c1-4-21-19(23-14-16-8-10-24(3)11-9-16)22-13-15(2)25-18-7-5-6-17(20)12-18;/h5-7,12,15-16H,4,8-11,13-14H2,1-3H3,(H2,21,22,23);1H. The van der Waals surface area contributed by atoms with Crippen molar-refractivity contribution in [1.29, 1.82) is 0 Å². The summed E-state index contributed by atoms with van der Waals surface area (Å²) in [6.45, 7) is 8.60. The van der Waals surface area contributed by atoms with Crippen LogP contribution >= 0.6 is 24.0 Å². The lowest BCUT2D eigenvalue weighted by molar-refractivity contribution is 0.219. The van der Waals surface area contributed by atoms with Gasteiger partial charge in [-0.25, -0.2) is 9.38 Å². The summed E-state index contributed by atoms with van der Waals surface area (Å²) in [5.41, 5.74) is 0. The summed E-state index contributed by atoms with van der Waals surface area (Å²) in [5, 5.41) is 6.71. The summed E-state index contributed by atoms with van der Waals surface area (Å²) in [7, 11) is 2.18. The third kappa shape index (κ3) is 8.53. The Kier molecular flexibility index (Phi) is 10.9. The van der Waals surface area contributed by atoms with E-state index in [4.69, 9.17) is 4.74 Å². The molecule has 1 aromatic rings. The van der Waals surface area contributed by atoms with Crippen LogP contribution in [0.15, 0.2) is 29.3 Å². The van der Waals surface area contributed by atoms with Crippen LogP contribution in [0, 0.1) is 11.7 Å². The van der Waals surface area contributed by atoms with E-state index in [1.54, 1.807) is 12.1 Å². The Bertz CT molecular complexity index is 550. The molecule has 2 N–H and O–H groups in total. The largest absolute Gasteiger partial charge is 0.489 e. The van der Waals surface area contributed by atoms with Crippen molar-refractivity contribution >= 4 is 29.9 Å². The third-order valence-corrected chi connectivity index (χ3v) is 4.38. The number of nitrogens with zero attached hydrogens (tertiary/aromatic N) is 2. The van der Waals surface area contributed by atoms with Crippen molar-refractivity contribution in [3.63, 3.8) is 0 Å². The number of likely N-dealkylation sites (tertiary alicyclic amines) is 1. The van der Waals surface area contributed by atoms with E-state index in [0.29, 0.717) is 18.2 Å². The summed E-state index contributed by atoms with van der Waals surface area (Å²) in [6.07, 6.45) is 2.32. The zero-order valence-electron chi connectivity index (χ0n) is 16.0. The Morgan fingerprint density at radius 1 is 1.35 bits per heavy atom. The average Bonchev–Trinajstić information content (AvgIpc) is 2.59. The number of benzene rings is 1. The minimum absolute atomic E-state index is 0. The van der Waals surface area contributed by atoms with E-state index in [1.165, 1.54) is 38.1 Å². The molecule has 1 aliphatic rings. The van der Waals surface area contributed by atoms with Gasteiger partial charge in [-0.3, -0.25) is 0 Å². The minimum atomic E-state index is -0.290. The molecule has 1 saturated heterocycles. The van der Waals surface area contributed by atoms with Gasteiger partial charge in [-0.15, -0.1) is 24.0 Å². The lowest BCUT2D eigenvalue weighted by Gasteiger charge is -2.29. The summed E-state index contributed by atoms with van der Waals surface area (Å²) in [5.74, 6) is 1.76. The second kappa shape index (κ2) is 12.3. The fraction of sp³-hybridized carbons (Fsp3) is 0.632. The van der Waals surface area contributed by atoms with E-state index >= 15 is 0 Å². The first-order valence-electron chi connectivity index (χ1n) is 9.19. The van der Waals surface area contributed by atoms with Crippen LogP contribution in [0.1, 0.15) is 26.7 Å². The monoisotopic (exact) mass is 478 g/mol. The lowest BCUT2D eigenvalue weighted by atomic mass is 9.97. The van der Waals surface area contributed by atoms with Gasteiger partial charge in [0.1, 0.15) is 17.7 Å². The van der Waals surface area contributed by atoms with Gasteiger partial charge in [-0.1, -0.05) is 6.07 Å². The first-order valence-corrected chi connectivity index (χ1v) is 9.19. The maximum atomic E-state index is 13.2.